The lowest BCUT2D eigenvalue weighted by Gasteiger charge is -2.01. The fraction of sp³-hybridized carbons (Fsp3) is 0. The molecule has 0 aliphatic rings. The molecule has 0 atom stereocenters. The predicted octanol–water partition coefficient (Wildman–Crippen LogP) is 2.57. The standard InChI is InChI=1S/C12H10N2O.ClH/c13-11-4-5-14-12(7-11)10-3-1-2-9(6-10)8-15;/h1-8H,(H2,13,14);1H. The van der Waals surface area contributed by atoms with Gasteiger partial charge < -0.3 is 5.73 Å². The molecule has 0 aliphatic heterocycles. The molecule has 1 aromatic heterocycles. The van der Waals surface area contributed by atoms with E-state index in [9.17, 15) is 4.79 Å². The fourth-order valence-electron chi connectivity index (χ4n) is 1.38. The summed E-state index contributed by atoms with van der Waals surface area (Å²) >= 11 is 0. The van der Waals surface area contributed by atoms with Gasteiger partial charge in [-0.15, -0.1) is 12.4 Å². The van der Waals surface area contributed by atoms with Crippen molar-refractivity contribution in [3.05, 3.63) is 48.2 Å². The minimum absolute atomic E-state index is 0. The first kappa shape index (κ1) is 12.2. The van der Waals surface area contributed by atoms with Crippen LogP contribution in [0.2, 0.25) is 0 Å². The summed E-state index contributed by atoms with van der Waals surface area (Å²) in [5, 5.41) is 0. The lowest BCUT2D eigenvalue weighted by atomic mass is 10.1. The Bertz CT molecular complexity index is 500. The van der Waals surface area contributed by atoms with E-state index < -0.39 is 0 Å². The van der Waals surface area contributed by atoms with Crippen molar-refractivity contribution >= 4 is 24.4 Å². The fourth-order valence-corrected chi connectivity index (χ4v) is 1.38. The first-order valence-corrected chi connectivity index (χ1v) is 4.57. The van der Waals surface area contributed by atoms with Crippen molar-refractivity contribution in [1.29, 1.82) is 0 Å². The maximum atomic E-state index is 10.6. The smallest absolute Gasteiger partial charge is 0.150 e. The zero-order valence-electron chi connectivity index (χ0n) is 8.46. The van der Waals surface area contributed by atoms with Gasteiger partial charge in [-0.05, 0) is 18.2 Å². The molecule has 0 fully saturated rings. The molecule has 2 aromatic rings. The van der Waals surface area contributed by atoms with E-state index in [4.69, 9.17) is 5.73 Å². The number of rotatable bonds is 2. The molecule has 1 heterocycles. The van der Waals surface area contributed by atoms with Crippen LogP contribution >= 0.6 is 12.4 Å². The van der Waals surface area contributed by atoms with Gasteiger partial charge in [-0.2, -0.15) is 0 Å². The maximum absolute atomic E-state index is 10.6. The van der Waals surface area contributed by atoms with Gasteiger partial charge in [0.2, 0.25) is 0 Å². The molecule has 0 saturated heterocycles. The number of carbonyl (C=O) groups is 1. The van der Waals surface area contributed by atoms with Gasteiger partial charge in [-0.3, -0.25) is 9.78 Å². The molecular formula is C12H11ClN2O. The SMILES string of the molecule is Cl.Nc1ccnc(-c2cccc(C=O)c2)c1. The molecule has 0 amide bonds. The average Bonchev–Trinajstić information content (AvgIpc) is 2.29. The van der Waals surface area contributed by atoms with Crippen molar-refractivity contribution in [2.24, 2.45) is 0 Å². The Morgan fingerprint density at radius 3 is 2.69 bits per heavy atom. The van der Waals surface area contributed by atoms with Crippen LogP contribution in [0.1, 0.15) is 10.4 Å². The van der Waals surface area contributed by atoms with E-state index in [2.05, 4.69) is 4.98 Å². The Kier molecular flexibility index (Phi) is 4.03. The van der Waals surface area contributed by atoms with E-state index in [1.165, 1.54) is 0 Å². The second kappa shape index (κ2) is 5.28. The largest absolute Gasteiger partial charge is 0.399 e. The molecule has 0 spiro atoms. The van der Waals surface area contributed by atoms with Crippen molar-refractivity contribution in [2.75, 3.05) is 5.73 Å². The number of aromatic nitrogens is 1. The van der Waals surface area contributed by atoms with Gasteiger partial charge in [-0.25, -0.2) is 0 Å². The van der Waals surface area contributed by atoms with E-state index >= 15 is 0 Å². The molecule has 16 heavy (non-hydrogen) atoms. The van der Waals surface area contributed by atoms with E-state index in [0.717, 1.165) is 17.5 Å². The van der Waals surface area contributed by atoms with Crippen LogP contribution in [0.3, 0.4) is 0 Å². The number of nitrogens with zero attached hydrogens (tertiary/aromatic N) is 1. The summed E-state index contributed by atoms with van der Waals surface area (Å²) in [6, 6.07) is 10.8. The van der Waals surface area contributed by atoms with Gasteiger partial charge in [0.05, 0.1) is 5.69 Å². The van der Waals surface area contributed by atoms with Gasteiger partial charge in [0.25, 0.3) is 0 Å². The minimum atomic E-state index is 0. The van der Waals surface area contributed by atoms with Crippen LogP contribution < -0.4 is 5.73 Å². The number of nitrogen functional groups attached to an aromatic ring is 1. The van der Waals surface area contributed by atoms with Gasteiger partial charge in [0.1, 0.15) is 6.29 Å². The minimum Gasteiger partial charge on any atom is -0.399 e. The van der Waals surface area contributed by atoms with Crippen LogP contribution in [0.15, 0.2) is 42.6 Å². The predicted molar refractivity (Wildman–Crippen MR) is 66.7 cm³/mol. The monoisotopic (exact) mass is 234 g/mol. The second-order valence-electron chi connectivity index (χ2n) is 3.22. The lowest BCUT2D eigenvalue weighted by Crippen LogP contribution is -1.89. The third-order valence-corrected chi connectivity index (χ3v) is 2.10. The van der Waals surface area contributed by atoms with Crippen molar-refractivity contribution in [1.82, 2.24) is 4.98 Å². The summed E-state index contributed by atoms with van der Waals surface area (Å²) in [6.07, 6.45) is 2.47. The molecule has 2 N–H and O–H groups in total. The molecule has 3 nitrogen and oxygen atoms in total. The first-order chi connectivity index (χ1) is 7.29. The Labute approximate surface area is 99.7 Å². The highest BCUT2D eigenvalue weighted by Gasteiger charge is 2.00. The molecule has 0 bridgehead atoms. The summed E-state index contributed by atoms with van der Waals surface area (Å²) in [5.74, 6) is 0. The zero-order chi connectivity index (χ0) is 10.7. The number of hydrogen-bond acceptors (Lipinski definition) is 3. The molecule has 2 rings (SSSR count). The first-order valence-electron chi connectivity index (χ1n) is 4.57. The zero-order valence-corrected chi connectivity index (χ0v) is 9.28. The van der Waals surface area contributed by atoms with Crippen LogP contribution in [-0.2, 0) is 0 Å². The highest BCUT2D eigenvalue weighted by Crippen LogP contribution is 2.19. The molecule has 0 radical (unpaired) electrons. The average molecular weight is 235 g/mol. The molecule has 1 aromatic carbocycles. The quantitative estimate of drug-likeness (QED) is 0.813. The number of hydrogen-bond donors (Lipinski definition) is 1. The number of anilines is 1. The molecule has 0 aliphatic carbocycles. The van der Waals surface area contributed by atoms with Crippen LogP contribution in [0.25, 0.3) is 11.3 Å². The van der Waals surface area contributed by atoms with E-state index in [1.807, 2.05) is 12.1 Å². The third kappa shape index (κ3) is 2.58. The summed E-state index contributed by atoms with van der Waals surface area (Å²) in [5.41, 5.74) is 8.63. The third-order valence-electron chi connectivity index (χ3n) is 2.10. The summed E-state index contributed by atoms with van der Waals surface area (Å²) in [7, 11) is 0. The van der Waals surface area contributed by atoms with Crippen molar-refractivity contribution < 1.29 is 4.79 Å². The summed E-state index contributed by atoms with van der Waals surface area (Å²) in [6.45, 7) is 0. The highest BCUT2D eigenvalue weighted by atomic mass is 35.5. The van der Waals surface area contributed by atoms with Crippen LogP contribution in [0.5, 0.6) is 0 Å². The number of nitrogens with two attached hydrogens (primary N) is 1. The molecular weight excluding hydrogens is 224 g/mol. The molecule has 82 valence electrons. The summed E-state index contributed by atoms with van der Waals surface area (Å²) in [4.78, 5) is 14.8. The highest BCUT2D eigenvalue weighted by molar-refractivity contribution is 5.85. The number of pyridine rings is 1. The van der Waals surface area contributed by atoms with Crippen LogP contribution in [0.4, 0.5) is 5.69 Å². The van der Waals surface area contributed by atoms with Crippen molar-refractivity contribution in [3.63, 3.8) is 0 Å². The van der Waals surface area contributed by atoms with E-state index in [1.54, 1.807) is 30.5 Å². The van der Waals surface area contributed by atoms with Crippen LogP contribution in [0, 0.1) is 0 Å². The Balaban J connectivity index is 0.00000128. The number of benzene rings is 1. The Morgan fingerprint density at radius 2 is 2.00 bits per heavy atom. The molecule has 0 saturated carbocycles. The van der Waals surface area contributed by atoms with Gasteiger partial charge in [0.15, 0.2) is 0 Å². The van der Waals surface area contributed by atoms with Gasteiger partial charge in [-0.1, -0.05) is 18.2 Å². The lowest BCUT2D eigenvalue weighted by molar-refractivity contribution is 0.112. The maximum Gasteiger partial charge on any atom is 0.150 e. The Hall–Kier alpha value is -1.87. The van der Waals surface area contributed by atoms with E-state index in [0.29, 0.717) is 11.3 Å². The molecule has 4 heteroatoms. The topological polar surface area (TPSA) is 56.0 Å². The van der Waals surface area contributed by atoms with Crippen LogP contribution in [-0.4, -0.2) is 11.3 Å². The molecule has 0 unspecified atom stereocenters. The normalized spacial score (nSPS) is 9.25. The van der Waals surface area contributed by atoms with Gasteiger partial charge >= 0.3 is 0 Å². The Morgan fingerprint density at radius 1 is 1.19 bits per heavy atom. The van der Waals surface area contributed by atoms with E-state index in [-0.39, 0.29) is 12.4 Å². The number of carbonyl (C=O) groups excluding carboxylic acids is 1. The second-order valence-corrected chi connectivity index (χ2v) is 3.22. The van der Waals surface area contributed by atoms with Gasteiger partial charge in [0, 0.05) is 23.0 Å². The number of aldehydes is 1. The number of halogens is 1. The van der Waals surface area contributed by atoms with Crippen molar-refractivity contribution in [3.8, 4) is 11.3 Å². The summed E-state index contributed by atoms with van der Waals surface area (Å²) < 4.78 is 0. The van der Waals surface area contributed by atoms with Crippen molar-refractivity contribution in [2.45, 2.75) is 0 Å².